The summed E-state index contributed by atoms with van der Waals surface area (Å²) in [5.41, 5.74) is 1.88. The van der Waals surface area contributed by atoms with Gasteiger partial charge in [0.2, 0.25) is 5.91 Å². The second-order valence-electron chi connectivity index (χ2n) is 6.89. The first-order valence-electron chi connectivity index (χ1n) is 9.45. The molecule has 0 bridgehead atoms. The van der Waals surface area contributed by atoms with E-state index in [1.165, 1.54) is 7.11 Å². The molecule has 1 fully saturated rings. The van der Waals surface area contributed by atoms with Crippen LogP contribution >= 0.6 is 15.9 Å². The molecule has 2 heterocycles. The maximum absolute atomic E-state index is 13.1. The molecular weight excluding hydrogens is 440 g/mol. The van der Waals surface area contributed by atoms with Gasteiger partial charge in [0.05, 0.1) is 31.1 Å². The monoisotopic (exact) mass is 464 g/mol. The van der Waals surface area contributed by atoms with Crippen molar-refractivity contribution in [3.8, 4) is 11.3 Å². The summed E-state index contributed by atoms with van der Waals surface area (Å²) in [6, 6.07) is 6.99. The van der Waals surface area contributed by atoms with Crippen LogP contribution in [0.4, 0.5) is 4.79 Å². The van der Waals surface area contributed by atoms with Crippen LogP contribution < -0.4 is 5.32 Å². The van der Waals surface area contributed by atoms with Gasteiger partial charge in [0.1, 0.15) is 11.9 Å². The molecule has 0 aliphatic carbocycles. The van der Waals surface area contributed by atoms with Gasteiger partial charge in [-0.25, -0.2) is 9.78 Å². The topological polar surface area (TPSA) is 96.6 Å². The zero-order valence-electron chi connectivity index (χ0n) is 16.6. The van der Waals surface area contributed by atoms with Gasteiger partial charge in [-0.05, 0) is 24.1 Å². The molecule has 0 radical (unpaired) electrons. The van der Waals surface area contributed by atoms with Gasteiger partial charge in [-0.1, -0.05) is 35.0 Å². The molecule has 0 saturated carbocycles. The molecule has 2 N–H and O–H groups in total. The minimum Gasteiger partial charge on any atom is -0.453 e. The van der Waals surface area contributed by atoms with E-state index in [-0.39, 0.29) is 18.1 Å². The average molecular weight is 465 g/mol. The van der Waals surface area contributed by atoms with Crippen molar-refractivity contribution >= 4 is 27.9 Å². The number of ether oxygens (including phenoxy) is 2. The number of hydrogen-bond donors (Lipinski definition) is 2. The van der Waals surface area contributed by atoms with Crippen molar-refractivity contribution in [2.75, 3.05) is 20.8 Å². The SMILES string of the molecule is CC[C@H](NC(=O)OC)C(=O)N1C[C@@H](OC)C[C@H]1c1ncc(-c2ccc(Br)cc2)[nH]1. The number of imidazole rings is 1. The Kier molecular flexibility index (Phi) is 6.92. The quantitative estimate of drug-likeness (QED) is 0.683. The molecule has 0 spiro atoms. The van der Waals surface area contributed by atoms with E-state index in [0.717, 1.165) is 15.7 Å². The molecule has 1 saturated heterocycles. The fourth-order valence-corrected chi connectivity index (χ4v) is 3.76. The summed E-state index contributed by atoms with van der Waals surface area (Å²) < 4.78 is 11.2. The lowest BCUT2D eigenvalue weighted by molar-refractivity contribution is -0.134. The third kappa shape index (κ3) is 4.79. The molecule has 3 atom stereocenters. The van der Waals surface area contributed by atoms with Gasteiger partial charge in [0, 0.05) is 24.5 Å². The molecule has 2 amide bonds. The van der Waals surface area contributed by atoms with Crippen LogP contribution in [0.5, 0.6) is 0 Å². The molecule has 3 rings (SSSR count). The third-order valence-electron chi connectivity index (χ3n) is 5.13. The Morgan fingerprint density at radius 1 is 1.34 bits per heavy atom. The summed E-state index contributed by atoms with van der Waals surface area (Å²) in [7, 11) is 2.91. The normalized spacial score (nSPS) is 19.8. The predicted octanol–water partition coefficient (Wildman–Crippen LogP) is 3.26. The molecular formula is C20H25BrN4O4. The van der Waals surface area contributed by atoms with Crippen molar-refractivity contribution in [1.29, 1.82) is 0 Å². The average Bonchev–Trinajstić information content (AvgIpc) is 3.38. The Balaban J connectivity index is 1.83. The number of amides is 2. The van der Waals surface area contributed by atoms with Crippen molar-refractivity contribution in [1.82, 2.24) is 20.2 Å². The van der Waals surface area contributed by atoms with Gasteiger partial charge in [-0.3, -0.25) is 4.79 Å². The molecule has 29 heavy (non-hydrogen) atoms. The van der Waals surface area contributed by atoms with Gasteiger partial charge in [-0.15, -0.1) is 0 Å². The summed E-state index contributed by atoms with van der Waals surface area (Å²) in [4.78, 5) is 34.3. The highest BCUT2D eigenvalue weighted by Gasteiger charge is 2.40. The first-order chi connectivity index (χ1) is 14.0. The number of aromatic nitrogens is 2. The van der Waals surface area contributed by atoms with Crippen molar-refractivity contribution < 1.29 is 19.1 Å². The molecule has 9 heteroatoms. The molecule has 0 unspecified atom stereocenters. The number of H-pyrrole nitrogens is 1. The Hall–Kier alpha value is -2.39. The van der Waals surface area contributed by atoms with E-state index >= 15 is 0 Å². The molecule has 8 nitrogen and oxygen atoms in total. The minimum atomic E-state index is -0.665. The second-order valence-corrected chi connectivity index (χ2v) is 7.80. The van der Waals surface area contributed by atoms with Gasteiger partial charge in [-0.2, -0.15) is 0 Å². The number of carbonyl (C=O) groups is 2. The lowest BCUT2D eigenvalue weighted by atomic mass is 10.1. The third-order valence-corrected chi connectivity index (χ3v) is 5.66. The Morgan fingerprint density at radius 3 is 2.69 bits per heavy atom. The highest BCUT2D eigenvalue weighted by molar-refractivity contribution is 9.10. The van der Waals surface area contributed by atoms with Crippen molar-refractivity contribution in [2.24, 2.45) is 0 Å². The van der Waals surface area contributed by atoms with Crippen molar-refractivity contribution in [3.63, 3.8) is 0 Å². The standard InChI is InChI=1S/C20H25BrN4O4/c1-4-15(24-20(27)29-3)19(26)25-11-14(28-2)9-17(25)18-22-10-16(23-18)12-5-7-13(21)8-6-12/h5-8,10,14-15,17H,4,9,11H2,1-3H3,(H,22,23)(H,24,27)/t14-,15-,17-/m0/s1. The highest BCUT2D eigenvalue weighted by atomic mass is 79.9. The first kappa shape index (κ1) is 21.3. The molecule has 2 aromatic rings. The van der Waals surface area contributed by atoms with Crippen LogP contribution in [0, 0.1) is 0 Å². The number of halogens is 1. The van der Waals surface area contributed by atoms with Crippen LogP contribution in [0.1, 0.15) is 31.6 Å². The smallest absolute Gasteiger partial charge is 0.407 e. The zero-order chi connectivity index (χ0) is 21.0. The van der Waals surface area contributed by atoms with Crippen LogP contribution in [0.2, 0.25) is 0 Å². The van der Waals surface area contributed by atoms with E-state index in [9.17, 15) is 9.59 Å². The lowest BCUT2D eigenvalue weighted by Gasteiger charge is -2.27. The largest absolute Gasteiger partial charge is 0.453 e. The second kappa shape index (κ2) is 9.41. The minimum absolute atomic E-state index is 0.0965. The fourth-order valence-electron chi connectivity index (χ4n) is 3.49. The summed E-state index contributed by atoms with van der Waals surface area (Å²) in [6.07, 6.45) is 2.13. The molecule has 1 aliphatic heterocycles. The predicted molar refractivity (Wildman–Crippen MR) is 111 cm³/mol. The number of benzene rings is 1. The summed E-state index contributed by atoms with van der Waals surface area (Å²) >= 11 is 3.44. The fraction of sp³-hybridized carbons (Fsp3) is 0.450. The molecule has 156 valence electrons. The number of methoxy groups -OCH3 is 2. The lowest BCUT2D eigenvalue weighted by Crippen LogP contribution is -2.48. The zero-order valence-corrected chi connectivity index (χ0v) is 18.2. The number of likely N-dealkylation sites (tertiary alicyclic amines) is 1. The number of rotatable bonds is 6. The van der Waals surface area contributed by atoms with Crippen LogP contribution in [0.25, 0.3) is 11.3 Å². The van der Waals surface area contributed by atoms with Gasteiger partial charge >= 0.3 is 6.09 Å². The van der Waals surface area contributed by atoms with Crippen molar-refractivity contribution in [2.45, 2.75) is 38.0 Å². The van der Waals surface area contributed by atoms with Crippen LogP contribution in [0.3, 0.4) is 0 Å². The van der Waals surface area contributed by atoms with Gasteiger partial charge < -0.3 is 24.7 Å². The number of hydrogen-bond acceptors (Lipinski definition) is 5. The van der Waals surface area contributed by atoms with E-state index in [1.807, 2.05) is 31.2 Å². The number of aromatic amines is 1. The Morgan fingerprint density at radius 2 is 2.07 bits per heavy atom. The molecule has 1 aliphatic rings. The number of alkyl carbamates (subject to hydrolysis) is 1. The number of nitrogens with zero attached hydrogens (tertiary/aromatic N) is 2. The van der Waals surface area contributed by atoms with Gasteiger partial charge in [0.15, 0.2) is 0 Å². The summed E-state index contributed by atoms with van der Waals surface area (Å²) in [5.74, 6) is 0.521. The first-order valence-corrected chi connectivity index (χ1v) is 10.2. The van der Waals surface area contributed by atoms with E-state index in [2.05, 4.69) is 36.0 Å². The Bertz CT molecular complexity index is 854. The van der Waals surface area contributed by atoms with Crippen LogP contribution in [-0.2, 0) is 14.3 Å². The summed E-state index contributed by atoms with van der Waals surface area (Å²) in [6.45, 7) is 2.28. The molecule has 1 aromatic carbocycles. The maximum Gasteiger partial charge on any atom is 0.407 e. The van der Waals surface area contributed by atoms with E-state index in [4.69, 9.17) is 4.74 Å². The van der Waals surface area contributed by atoms with Crippen LogP contribution in [-0.4, -0.2) is 59.8 Å². The molecule has 1 aromatic heterocycles. The Labute approximate surface area is 178 Å². The van der Waals surface area contributed by atoms with E-state index < -0.39 is 12.1 Å². The number of carbonyl (C=O) groups excluding carboxylic acids is 2. The van der Waals surface area contributed by atoms with Crippen LogP contribution in [0.15, 0.2) is 34.9 Å². The van der Waals surface area contributed by atoms with Gasteiger partial charge in [0.25, 0.3) is 0 Å². The maximum atomic E-state index is 13.1. The number of nitrogens with one attached hydrogen (secondary N) is 2. The highest BCUT2D eigenvalue weighted by Crippen LogP contribution is 2.33. The van der Waals surface area contributed by atoms with E-state index in [1.54, 1.807) is 18.2 Å². The van der Waals surface area contributed by atoms with Crippen molar-refractivity contribution in [3.05, 3.63) is 40.8 Å². The summed E-state index contributed by atoms with van der Waals surface area (Å²) in [5, 5.41) is 2.61. The van der Waals surface area contributed by atoms with E-state index in [0.29, 0.717) is 25.2 Å².